The van der Waals surface area contributed by atoms with Gasteiger partial charge >= 0.3 is 0 Å². The van der Waals surface area contributed by atoms with Crippen molar-refractivity contribution in [2.75, 3.05) is 18.4 Å². The van der Waals surface area contributed by atoms with Crippen LogP contribution in [0.1, 0.15) is 34.1 Å². The molecular weight excluding hydrogens is 420 g/mol. The van der Waals surface area contributed by atoms with Crippen LogP contribution in [0.3, 0.4) is 0 Å². The summed E-state index contributed by atoms with van der Waals surface area (Å²) in [6.45, 7) is 2.43. The minimum absolute atomic E-state index is 0.261. The van der Waals surface area contributed by atoms with Gasteiger partial charge in [0.25, 0.3) is 11.8 Å². The fraction of sp³-hybridized carbons (Fsp3) is 0.333. The third-order valence-corrected chi connectivity index (χ3v) is 6.39. The molecule has 2 N–H and O–H groups in total. The van der Waals surface area contributed by atoms with Gasteiger partial charge in [0.05, 0.1) is 34.9 Å². The first-order chi connectivity index (χ1) is 13.7. The Kier molecular flexibility index (Phi) is 5.05. The third kappa shape index (κ3) is 4.11. The monoisotopic (exact) mass is 437 g/mol. The number of anilines is 2. The molecule has 0 bridgehead atoms. The number of likely N-dealkylation sites (tertiary alicyclic amines) is 1. The van der Waals surface area contributed by atoms with Crippen molar-refractivity contribution in [1.29, 1.82) is 0 Å². The standard InChI is InChI=1S/C18H17F2N5O2S2/c1-9-14(29-15(22-9)10(2)26)12-6-28-17(23-12)24-13-4-3-11(5-21-13)16(27)25-7-18(19,20)8-25/h3-6,10,26H,7-8H2,1-2H3,(H,21,23,24). The first-order valence-electron chi connectivity index (χ1n) is 8.73. The number of nitrogens with one attached hydrogen (secondary N) is 1. The van der Waals surface area contributed by atoms with Crippen LogP contribution >= 0.6 is 22.7 Å². The maximum absolute atomic E-state index is 12.9. The van der Waals surface area contributed by atoms with Gasteiger partial charge in [0.2, 0.25) is 0 Å². The summed E-state index contributed by atoms with van der Waals surface area (Å²) in [6, 6.07) is 3.15. The molecule has 29 heavy (non-hydrogen) atoms. The number of aryl methyl sites for hydroxylation is 1. The summed E-state index contributed by atoms with van der Waals surface area (Å²) in [4.78, 5) is 27.2. The van der Waals surface area contributed by atoms with Gasteiger partial charge in [-0.05, 0) is 26.0 Å². The predicted molar refractivity (Wildman–Crippen MR) is 107 cm³/mol. The molecule has 3 aromatic heterocycles. The van der Waals surface area contributed by atoms with Gasteiger partial charge < -0.3 is 15.3 Å². The molecule has 0 radical (unpaired) electrons. The minimum atomic E-state index is -2.79. The molecule has 7 nitrogen and oxygen atoms in total. The van der Waals surface area contributed by atoms with Crippen molar-refractivity contribution in [3.05, 3.63) is 40.0 Å². The number of aliphatic hydroxyl groups excluding tert-OH is 1. The lowest BCUT2D eigenvalue weighted by molar-refractivity contribution is -0.113. The fourth-order valence-electron chi connectivity index (χ4n) is 2.81. The summed E-state index contributed by atoms with van der Waals surface area (Å²) < 4.78 is 25.8. The van der Waals surface area contributed by atoms with Crippen LogP contribution in [0.25, 0.3) is 10.6 Å². The van der Waals surface area contributed by atoms with Crippen molar-refractivity contribution >= 4 is 39.5 Å². The lowest BCUT2D eigenvalue weighted by Gasteiger charge is -2.38. The Balaban J connectivity index is 1.43. The predicted octanol–water partition coefficient (Wildman–Crippen LogP) is 3.86. The zero-order valence-electron chi connectivity index (χ0n) is 15.5. The molecule has 1 aliphatic heterocycles. The first-order valence-corrected chi connectivity index (χ1v) is 10.4. The molecule has 0 aromatic carbocycles. The average Bonchev–Trinajstić information content (AvgIpc) is 3.26. The van der Waals surface area contributed by atoms with Gasteiger partial charge in [-0.2, -0.15) is 0 Å². The van der Waals surface area contributed by atoms with Crippen molar-refractivity contribution in [2.24, 2.45) is 0 Å². The van der Waals surface area contributed by atoms with E-state index in [1.807, 2.05) is 12.3 Å². The number of amides is 1. The number of hydrogen-bond acceptors (Lipinski definition) is 8. The molecule has 152 valence electrons. The summed E-state index contributed by atoms with van der Waals surface area (Å²) in [5.74, 6) is -2.76. The van der Waals surface area contributed by atoms with Crippen LogP contribution in [0.2, 0.25) is 0 Å². The largest absolute Gasteiger partial charge is 0.386 e. The Morgan fingerprint density at radius 3 is 2.69 bits per heavy atom. The molecule has 0 saturated carbocycles. The van der Waals surface area contributed by atoms with E-state index in [0.29, 0.717) is 16.0 Å². The van der Waals surface area contributed by atoms with Crippen LogP contribution in [-0.2, 0) is 0 Å². The van der Waals surface area contributed by atoms with Gasteiger partial charge in [-0.15, -0.1) is 22.7 Å². The second-order valence-electron chi connectivity index (χ2n) is 6.75. The highest BCUT2D eigenvalue weighted by molar-refractivity contribution is 7.17. The van der Waals surface area contributed by atoms with E-state index in [4.69, 9.17) is 0 Å². The zero-order chi connectivity index (χ0) is 20.8. The van der Waals surface area contributed by atoms with Crippen LogP contribution in [-0.4, -0.2) is 49.9 Å². The van der Waals surface area contributed by atoms with E-state index in [0.717, 1.165) is 21.2 Å². The quantitative estimate of drug-likeness (QED) is 0.630. The molecule has 4 heterocycles. The number of carbonyl (C=O) groups excluding carboxylic acids is 1. The number of alkyl halides is 2. The topological polar surface area (TPSA) is 91.2 Å². The Bertz CT molecular complexity index is 1040. The number of halogens is 2. The van der Waals surface area contributed by atoms with E-state index in [2.05, 4.69) is 20.3 Å². The number of hydrogen-bond donors (Lipinski definition) is 2. The average molecular weight is 437 g/mol. The van der Waals surface area contributed by atoms with Gasteiger partial charge in [0, 0.05) is 11.6 Å². The van der Waals surface area contributed by atoms with E-state index in [1.54, 1.807) is 19.1 Å². The highest BCUT2D eigenvalue weighted by Gasteiger charge is 2.46. The molecule has 0 aliphatic carbocycles. The fourth-order valence-corrected chi connectivity index (χ4v) is 4.56. The molecule has 3 aromatic rings. The zero-order valence-corrected chi connectivity index (χ0v) is 17.2. The lowest BCUT2D eigenvalue weighted by atomic mass is 10.1. The van der Waals surface area contributed by atoms with E-state index >= 15 is 0 Å². The molecule has 1 fully saturated rings. The van der Waals surface area contributed by atoms with E-state index in [-0.39, 0.29) is 5.56 Å². The Hall–Kier alpha value is -2.50. The highest BCUT2D eigenvalue weighted by Crippen LogP contribution is 2.35. The summed E-state index contributed by atoms with van der Waals surface area (Å²) in [5, 5.41) is 15.9. The van der Waals surface area contributed by atoms with E-state index < -0.39 is 31.0 Å². The van der Waals surface area contributed by atoms with Gasteiger partial charge in [-0.25, -0.2) is 23.7 Å². The molecule has 1 unspecified atom stereocenters. The smallest absolute Gasteiger partial charge is 0.282 e. The molecule has 1 aliphatic rings. The summed E-state index contributed by atoms with van der Waals surface area (Å²) in [7, 11) is 0. The van der Waals surface area contributed by atoms with Crippen LogP contribution in [0, 0.1) is 6.92 Å². The maximum atomic E-state index is 12.9. The Morgan fingerprint density at radius 1 is 1.34 bits per heavy atom. The SMILES string of the molecule is Cc1nc(C(C)O)sc1-c1csc(Nc2ccc(C(=O)N3CC(F)(F)C3)cn2)n1. The van der Waals surface area contributed by atoms with Gasteiger partial charge in [0.1, 0.15) is 16.9 Å². The van der Waals surface area contributed by atoms with Crippen molar-refractivity contribution in [3.8, 4) is 10.6 Å². The van der Waals surface area contributed by atoms with Crippen molar-refractivity contribution < 1.29 is 18.7 Å². The van der Waals surface area contributed by atoms with Crippen LogP contribution < -0.4 is 5.32 Å². The number of rotatable bonds is 5. The molecule has 1 atom stereocenters. The molecular formula is C18H17F2N5O2S2. The summed E-state index contributed by atoms with van der Waals surface area (Å²) in [5.41, 5.74) is 1.82. The van der Waals surface area contributed by atoms with Gasteiger partial charge in [-0.1, -0.05) is 0 Å². The van der Waals surface area contributed by atoms with Crippen molar-refractivity contribution in [1.82, 2.24) is 19.9 Å². The molecule has 1 amide bonds. The summed E-state index contributed by atoms with van der Waals surface area (Å²) in [6.07, 6.45) is 0.731. The second kappa shape index (κ2) is 7.39. The lowest BCUT2D eigenvalue weighted by Crippen LogP contribution is -2.58. The van der Waals surface area contributed by atoms with E-state index in [1.165, 1.54) is 28.9 Å². The Morgan fingerprint density at radius 2 is 2.10 bits per heavy atom. The van der Waals surface area contributed by atoms with Gasteiger partial charge in [-0.3, -0.25) is 4.79 Å². The van der Waals surface area contributed by atoms with Crippen LogP contribution in [0.15, 0.2) is 23.7 Å². The number of pyridine rings is 1. The third-order valence-electron chi connectivity index (χ3n) is 4.28. The normalized spacial score (nSPS) is 16.4. The summed E-state index contributed by atoms with van der Waals surface area (Å²) >= 11 is 2.79. The highest BCUT2D eigenvalue weighted by atomic mass is 32.1. The first kappa shape index (κ1) is 19.8. The Labute approximate surface area is 173 Å². The number of nitrogens with zero attached hydrogens (tertiary/aromatic N) is 4. The molecule has 1 saturated heterocycles. The second-order valence-corrected chi connectivity index (χ2v) is 8.64. The van der Waals surface area contributed by atoms with Crippen LogP contribution in [0.5, 0.6) is 0 Å². The molecule has 4 rings (SSSR count). The van der Waals surface area contributed by atoms with Gasteiger partial charge in [0.15, 0.2) is 5.13 Å². The van der Waals surface area contributed by atoms with Crippen LogP contribution in [0.4, 0.5) is 19.7 Å². The number of thiazole rings is 2. The molecule has 0 spiro atoms. The number of aromatic nitrogens is 3. The van der Waals surface area contributed by atoms with E-state index in [9.17, 15) is 18.7 Å². The van der Waals surface area contributed by atoms with Crippen molar-refractivity contribution in [2.45, 2.75) is 25.9 Å². The minimum Gasteiger partial charge on any atom is -0.386 e. The number of carbonyl (C=O) groups is 1. The molecule has 11 heteroatoms. The maximum Gasteiger partial charge on any atom is 0.282 e. The number of aliphatic hydroxyl groups is 1. The van der Waals surface area contributed by atoms with Crippen molar-refractivity contribution in [3.63, 3.8) is 0 Å².